The highest BCUT2D eigenvalue weighted by Gasteiger charge is 2.51. The fourth-order valence-electron chi connectivity index (χ4n) is 3.42. The van der Waals surface area contributed by atoms with Crippen molar-refractivity contribution in [3.05, 3.63) is 24.0 Å². The predicted molar refractivity (Wildman–Crippen MR) is 108 cm³/mol. The van der Waals surface area contributed by atoms with Gasteiger partial charge in [-0.3, -0.25) is 4.98 Å². The Bertz CT molecular complexity index is 831. The molecule has 1 atom stereocenters. The lowest BCUT2D eigenvalue weighted by Crippen LogP contribution is -2.41. The van der Waals surface area contributed by atoms with Gasteiger partial charge in [0.15, 0.2) is 6.29 Å². The molecule has 0 N–H and O–H groups in total. The normalized spacial score (nSPS) is 23.5. The van der Waals surface area contributed by atoms with E-state index in [2.05, 4.69) is 15.3 Å². The van der Waals surface area contributed by atoms with Gasteiger partial charge in [0, 0.05) is 25.3 Å². The van der Waals surface area contributed by atoms with Gasteiger partial charge in [0.1, 0.15) is 5.69 Å². The van der Waals surface area contributed by atoms with Crippen LogP contribution in [0.1, 0.15) is 52.7 Å². The Balaban J connectivity index is 1.48. The third-order valence-electron chi connectivity index (χ3n) is 6.04. The Kier molecular flexibility index (Phi) is 5.50. The van der Waals surface area contributed by atoms with Gasteiger partial charge in [0.2, 0.25) is 0 Å². The molecule has 0 bridgehead atoms. The molecule has 156 valence electrons. The lowest BCUT2D eigenvalue weighted by Gasteiger charge is -2.32. The fraction of sp³-hybridized carbons (Fsp3) is 0.650. The molecule has 0 amide bonds. The zero-order valence-electron chi connectivity index (χ0n) is 17.8. The van der Waals surface area contributed by atoms with Crippen molar-refractivity contribution in [2.24, 2.45) is 7.05 Å². The van der Waals surface area contributed by atoms with Crippen molar-refractivity contribution >= 4 is 12.6 Å². The van der Waals surface area contributed by atoms with E-state index >= 15 is 0 Å². The van der Waals surface area contributed by atoms with Crippen LogP contribution in [0.15, 0.2) is 18.3 Å². The SMILES string of the molecule is Cn1nnc(-c2ccc(B3OC(C)(C)C(C)(C)O3)cn2)c1COC1CCCCO1. The second-order valence-corrected chi connectivity index (χ2v) is 8.68. The molecule has 0 spiro atoms. The van der Waals surface area contributed by atoms with Crippen LogP contribution < -0.4 is 5.46 Å². The summed E-state index contributed by atoms with van der Waals surface area (Å²) < 4.78 is 25.5. The predicted octanol–water partition coefficient (Wildman–Crippen LogP) is 2.22. The number of pyridine rings is 1. The van der Waals surface area contributed by atoms with Gasteiger partial charge in [-0.05, 0) is 53.0 Å². The van der Waals surface area contributed by atoms with Crippen molar-refractivity contribution < 1.29 is 18.8 Å². The van der Waals surface area contributed by atoms with Crippen LogP contribution in [0.5, 0.6) is 0 Å². The van der Waals surface area contributed by atoms with Crippen molar-refractivity contribution in [2.75, 3.05) is 6.61 Å². The number of aryl methyl sites for hydroxylation is 1. The Morgan fingerprint density at radius 1 is 1.17 bits per heavy atom. The van der Waals surface area contributed by atoms with Crippen molar-refractivity contribution in [3.8, 4) is 11.4 Å². The first-order valence-electron chi connectivity index (χ1n) is 10.2. The minimum atomic E-state index is -0.435. The number of nitrogens with zero attached hydrogens (tertiary/aromatic N) is 4. The van der Waals surface area contributed by atoms with Gasteiger partial charge in [-0.1, -0.05) is 11.3 Å². The van der Waals surface area contributed by atoms with E-state index in [4.69, 9.17) is 18.8 Å². The van der Waals surface area contributed by atoms with E-state index in [0.717, 1.165) is 42.7 Å². The molecule has 2 aromatic heterocycles. The Morgan fingerprint density at radius 2 is 1.93 bits per heavy atom. The summed E-state index contributed by atoms with van der Waals surface area (Å²) in [6, 6.07) is 3.89. The molecular formula is C20H29BN4O4. The molecular weight excluding hydrogens is 371 g/mol. The molecule has 9 heteroatoms. The summed E-state index contributed by atoms with van der Waals surface area (Å²) in [6.07, 6.45) is 4.76. The van der Waals surface area contributed by atoms with Crippen molar-refractivity contribution in [3.63, 3.8) is 0 Å². The summed E-state index contributed by atoms with van der Waals surface area (Å²) >= 11 is 0. The average Bonchev–Trinajstić information content (AvgIpc) is 3.16. The average molecular weight is 400 g/mol. The monoisotopic (exact) mass is 400 g/mol. The first kappa shape index (κ1) is 20.5. The molecule has 1 unspecified atom stereocenters. The standard InChI is InChI=1S/C20H29BN4O4/c1-19(2)20(3,4)29-21(28-19)14-9-10-15(22-12-14)18-16(25(5)24-23-18)13-27-17-8-6-7-11-26-17/h9-10,12,17H,6-8,11,13H2,1-5H3. The second kappa shape index (κ2) is 7.79. The fourth-order valence-corrected chi connectivity index (χ4v) is 3.42. The van der Waals surface area contributed by atoms with Gasteiger partial charge in [-0.25, -0.2) is 4.68 Å². The van der Waals surface area contributed by atoms with Gasteiger partial charge in [0.25, 0.3) is 0 Å². The molecule has 0 aliphatic carbocycles. The van der Waals surface area contributed by atoms with Crippen LogP contribution in [0.25, 0.3) is 11.4 Å². The minimum absolute atomic E-state index is 0.162. The van der Waals surface area contributed by atoms with Gasteiger partial charge >= 0.3 is 7.12 Å². The van der Waals surface area contributed by atoms with E-state index in [0.29, 0.717) is 12.3 Å². The zero-order valence-corrected chi connectivity index (χ0v) is 17.8. The van der Waals surface area contributed by atoms with Crippen molar-refractivity contribution in [1.29, 1.82) is 0 Å². The quantitative estimate of drug-likeness (QED) is 0.712. The van der Waals surface area contributed by atoms with E-state index in [1.807, 2.05) is 46.9 Å². The summed E-state index contributed by atoms with van der Waals surface area (Å²) in [6.45, 7) is 9.29. The third-order valence-corrected chi connectivity index (χ3v) is 6.04. The molecule has 0 aromatic carbocycles. The van der Waals surface area contributed by atoms with Crippen LogP contribution in [-0.2, 0) is 32.4 Å². The maximum absolute atomic E-state index is 6.10. The summed E-state index contributed by atoms with van der Waals surface area (Å²) in [5.74, 6) is 0. The molecule has 4 rings (SSSR count). The van der Waals surface area contributed by atoms with E-state index in [9.17, 15) is 0 Å². The molecule has 2 aromatic rings. The van der Waals surface area contributed by atoms with Crippen LogP contribution in [0, 0.1) is 0 Å². The number of ether oxygens (including phenoxy) is 2. The maximum Gasteiger partial charge on any atom is 0.496 e. The van der Waals surface area contributed by atoms with Gasteiger partial charge < -0.3 is 18.8 Å². The number of rotatable bonds is 5. The first-order valence-corrected chi connectivity index (χ1v) is 10.2. The van der Waals surface area contributed by atoms with Gasteiger partial charge in [-0.15, -0.1) is 5.10 Å². The highest BCUT2D eigenvalue weighted by atomic mass is 16.7. The lowest BCUT2D eigenvalue weighted by atomic mass is 9.80. The van der Waals surface area contributed by atoms with Crippen LogP contribution in [0.3, 0.4) is 0 Å². The first-order chi connectivity index (χ1) is 13.8. The van der Waals surface area contributed by atoms with E-state index in [1.54, 1.807) is 10.9 Å². The molecule has 2 fully saturated rings. The zero-order chi connectivity index (χ0) is 20.6. The van der Waals surface area contributed by atoms with Crippen LogP contribution in [0.2, 0.25) is 0 Å². The Hall–Kier alpha value is -1.81. The molecule has 2 aliphatic heterocycles. The highest BCUT2D eigenvalue weighted by Crippen LogP contribution is 2.36. The molecule has 4 heterocycles. The van der Waals surface area contributed by atoms with E-state index < -0.39 is 7.12 Å². The smallest absolute Gasteiger partial charge is 0.399 e. The Labute approximate surface area is 172 Å². The Morgan fingerprint density at radius 3 is 2.55 bits per heavy atom. The molecule has 0 radical (unpaired) electrons. The summed E-state index contributed by atoms with van der Waals surface area (Å²) in [4.78, 5) is 4.60. The molecule has 8 nitrogen and oxygen atoms in total. The summed E-state index contributed by atoms with van der Waals surface area (Å²) in [7, 11) is 1.42. The third kappa shape index (κ3) is 4.09. The van der Waals surface area contributed by atoms with Crippen molar-refractivity contribution in [2.45, 2.75) is 71.1 Å². The summed E-state index contributed by atoms with van der Waals surface area (Å²) in [5, 5.41) is 8.44. The highest BCUT2D eigenvalue weighted by molar-refractivity contribution is 6.62. The van der Waals surface area contributed by atoms with Crippen LogP contribution in [0.4, 0.5) is 0 Å². The van der Waals surface area contributed by atoms with Crippen molar-refractivity contribution in [1.82, 2.24) is 20.0 Å². The van der Waals surface area contributed by atoms with Gasteiger partial charge in [0.05, 0.1) is 29.2 Å². The number of hydrogen-bond acceptors (Lipinski definition) is 7. The van der Waals surface area contributed by atoms with E-state index in [1.165, 1.54) is 0 Å². The topological polar surface area (TPSA) is 80.5 Å². The molecule has 2 aliphatic rings. The molecule has 0 saturated carbocycles. The largest absolute Gasteiger partial charge is 0.496 e. The lowest BCUT2D eigenvalue weighted by molar-refractivity contribution is -0.169. The number of hydrogen-bond donors (Lipinski definition) is 0. The molecule has 2 saturated heterocycles. The number of aromatic nitrogens is 4. The summed E-state index contributed by atoms with van der Waals surface area (Å²) in [5.41, 5.74) is 2.44. The second-order valence-electron chi connectivity index (χ2n) is 8.68. The maximum atomic E-state index is 6.10. The van der Waals surface area contributed by atoms with Crippen LogP contribution in [-0.4, -0.2) is 51.2 Å². The van der Waals surface area contributed by atoms with Gasteiger partial charge in [-0.2, -0.15) is 0 Å². The minimum Gasteiger partial charge on any atom is -0.399 e. The van der Waals surface area contributed by atoms with E-state index in [-0.39, 0.29) is 17.5 Å². The van der Waals surface area contributed by atoms with Crippen LogP contribution >= 0.6 is 0 Å². The molecule has 29 heavy (non-hydrogen) atoms.